The molecule has 0 bridgehead atoms. The number of anilines is 1. The van der Waals surface area contributed by atoms with Crippen LogP contribution in [0.5, 0.6) is 0 Å². The molecule has 1 aromatic carbocycles. The zero-order valence-electron chi connectivity index (χ0n) is 11.3. The number of rotatable bonds is 3. The van der Waals surface area contributed by atoms with Gasteiger partial charge in [-0.25, -0.2) is 0 Å². The van der Waals surface area contributed by atoms with Crippen LogP contribution in [0.2, 0.25) is 0 Å². The van der Waals surface area contributed by atoms with Crippen molar-refractivity contribution >= 4 is 11.6 Å². The van der Waals surface area contributed by atoms with E-state index >= 15 is 0 Å². The molecule has 0 spiro atoms. The van der Waals surface area contributed by atoms with Crippen LogP contribution in [-0.4, -0.2) is 25.0 Å². The predicted molar refractivity (Wildman–Crippen MR) is 73.8 cm³/mol. The maximum absolute atomic E-state index is 12.2. The molecule has 100 valence electrons. The van der Waals surface area contributed by atoms with Crippen molar-refractivity contribution in [2.45, 2.75) is 32.2 Å². The van der Waals surface area contributed by atoms with E-state index < -0.39 is 0 Å². The fourth-order valence-electron chi connectivity index (χ4n) is 2.50. The number of likely N-dealkylation sites (tertiary alicyclic amines) is 1. The number of amides is 1. The monoisotopic (exact) mass is 258 g/mol. The molecule has 1 fully saturated rings. The van der Waals surface area contributed by atoms with Crippen molar-refractivity contribution in [1.82, 2.24) is 0 Å². The lowest BCUT2D eigenvalue weighted by molar-refractivity contribution is -0.918. The average molecular weight is 258 g/mol. The summed E-state index contributed by atoms with van der Waals surface area (Å²) in [7, 11) is 0. The zero-order valence-corrected chi connectivity index (χ0v) is 11.3. The first kappa shape index (κ1) is 13.6. The number of carbonyl (C=O) groups excluding carboxylic acids is 1. The van der Waals surface area contributed by atoms with Crippen molar-refractivity contribution in [3.8, 4) is 6.07 Å². The van der Waals surface area contributed by atoms with Gasteiger partial charge in [-0.15, -0.1) is 0 Å². The molecule has 1 heterocycles. The van der Waals surface area contributed by atoms with Gasteiger partial charge in [-0.3, -0.25) is 4.79 Å². The minimum atomic E-state index is -0.0176. The number of nitrogens with one attached hydrogen (secondary N) is 2. The maximum Gasteiger partial charge on any atom is 0.282 e. The largest absolute Gasteiger partial charge is 0.325 e. The molecule has 0 aromatic heterocycles. The van der Waals surface area contributed by atoms with Gasteiger partial charge in [0, 0.05) is 5.69 Å². The van der Waals surface area contributed by atoms with Crippen molar-refractivity contribution in [2.24, 2.45) is 0 Å². The number of carbonyl (C=O) groups is 1. The number of piperidine rings is 1. The third-order valence-corrected chi connectivity index (χ3v) is 3.78. The predicted octanol–water partition coefficient (Wildman–Crippen LogP) is 0.954. The van der Waals surface area contributed by atoms with Crippen molar-refractivity contribution in [3.63, 3.8) is 0 Å². The lowest BCUT2D eigenvalue weighted by Gasteiger charge is -2.28. The highest BCUT2D eigenvalue weighted by molar-refractivity contribution is 5.93. The molecular formula is C15H20N3O+. The molecule has 0 saturated carbocycles. The molecule has 1 saturated heterocycles. The van der Waals surface area contributed by atoms with E-state index in [-0.39, 0.29) is 11.9 Å². The van der Waals surface area contributed by atoms with E-state index in [1.807, 2.05) is 6.92 Å². The zero-order chi connectivity index (χ0) is 13.7. The first-order valence-corrected chi connectivity index (χ1v) is 6.86. The van der Waals surface area contributed by atoms with Crippen molar-refractivity contribution in [1.29, 1.82) is 5.26 Å². The fraction of sp³-hybridized carbons (Fsp3) is 0.467. The van der Waals surface area contributed by atoms with Crippen molar-refractivity contribution in [2.75, 3.05) is 18.4 Å². The highest BCUT2D eigenvalue weighted by atomic mass is 16.2. The molecular weight excluding hydrogens is 238 g/mol. The summed E-state index contributed by atoms with van der Waals surface area (Å²) in [5, 5.41) is 11.6. The molecule has 2 rings (SSSR count). The Morgan fingerprint density at radius 1 is 1.26 bits per heavy atom. The summed E-state index contributed by atoms with van der Waals surface area (Å²) >= 11 is 0. The Morgan fingerprint density at radius 3 is 2.47 bits per heavy atom. The third kappa shape index (κ3) is 3.55. The quantitative estimate of drug-likeness (QED) is 0.848. The summed E-state index contributed by atoms with van der Waals surface area (Å²) in [5.41, 5.74) is 1.36. The van der Waals surface area contributed by atoms with Crippen LogP contribution >= 0.6 is 0 Å². The topological polar surface area (TPSA) is 57.3 Å². The first-order chi connectivity index (χ1) is 9.20. The van der Waals surface area contributed by atoms with Gasteiger partial charge in [0.15, 0.2) is 6.04 Å². The second kappa shape index (κ2) is 6.35. The number of hydrogen-bond donors (Lipinski definition) is 2. The smallest absolute Gasteiger partial charge is 0.282 e. The van der Waals surface area contributed by atoms with Gasteiger partial charge in [0.2, 0.25) is 0 Å². The third-order valence-electron chi connectivity index (χ3n) is 3.78. The summed E-state index contributed by atoms with van der Waals surface area (Å²) in [4.78, 5) is 13.5. The Labute approximate surface area is 114 Å². The fourth-order valence-corrected chi connectivity index (χ4v) is 2.50. The summed E-state index contributed by atoms with van der Waals surface area (Å²) in [5.74, 6) is 0.0570. The van der Waals surface area contributed by atoms with Gasteiger partial charge >= 0.3 is 0 Å². The molecule has 1 amide bonds. The van der Waals surface area contributed by atoms with Crippen molar-refractivity contribution in [3.05, 3.63) is 29.8 Å². The van der Waals surface area contributed by atoms with Crippen LogP contribution in [0.1, 0.15) is 31.7 Å². The average Bonchev–Trinajstić information content (AvgIpc) is 2.48. The molecule has 1 aromatic rings. The maximum atomic E-state index is 12.2. The molecule has 4 heteroatoms. The number of nitriles is 1. The van der Waals surface area contributed by atoms with E-state index in [1.54, 1.807) is 24.3 Å². The van der Waals surface area contributed by atoms with E-state index in [2.05, 4.69) is 11.4 Å². The lowest BCUT2D eigenvalue weighted by atomic mass is 10.1. The molecule has 19 heavy (non-hydrogen) atoms. The van der Waals surface area contributed by atoms with Gasteiger partial charge in [-0.1, -0.05) is 0 Å². The Bertz CT molecular complexity index is 469. The van der Waals surface area contributed by atoms with E-state index in [0.29, 0.717) is 5.56 Å². The van der Waals surface area contributed by atoms with Crippen LogP contribution < -0.4 is 10.2 Å². The van der Waals surface area contributed by atoms with Gasteiger partial charge < -0.3 is 10.2 Å². The minimum absolute atomic E-state index is 0.0176. The van der Waals surface area contributed by atoms with Gasteiger partial charge in [-0.2, -0.15) is 5.26 Å². The van der Waals surface area contributed by atoms with Crippen LogP contribution in [-0.2, 0) is 4.79 Å². The van der Waals surface area contributed by atoms with Crippen LogP contribution in [0.3, 0.4) is 0 Å². The summed E-state index contributed by atoms with van der Waals surface area (Å²) in [6.07, 6.45) is 3.71. The van der Waals surface area contributed by atoms with Crippen LogP contribution in [0.4, 0.5) is 5.69 Å². The van der Waals surface area contributed by atoms with Gasteiger partial charge in [0.1, 0.15) is 0 Å². The normalized spacial score (nSPS) is 17.5. The Hall–Kier alpha value is -1.86. The second-order valence-corrected chi connectivity index (χ2v) is 5.12. The van der Waals surface area contributed by atoms with Gasteiger partial charge in [0.05, 0.1) is 24.7 Å². The van der Waals surface area contributed by atoms with Gasteiger partial charge in [0.25, 0.3) is 5.91 Å². The van der Waals surface area contributed by atoms with E-state index in [4.69, 9.17) is 5.26 Å². The summed E-state index contributed by atoms with van der Waals surface area (Å²) in [6, 6.07) is 9.03. The van der Waals surface area contributed by atoms with Gasteiger partial charge in [-0.05, 0) is 50.5 Å². The minimum Gasteiger partial charge on any atom is -0.325 e. The van der Waals surface area contributed by atoms with E-state index in [0.717, 1.165) is 18.8 Å². The Balaban J connectivity index is 1.93. The molecule has 0 unspecified atom stereocenters. The van der Waals surface area contributed by atoms with Crippen LogP contribution in [0.25, 0.3) is 0 Å². The van der Waals surface area contributed by atoms with E-state index in [9.17, 15) is 4.79 Å². The molecule has 1 aliphatic heterocycles. The number of hydrogen-bond acceptors (Lipinski definition) is 2. The summed E-state index contributed by atoms with van der Waals surface area (Å²) < 4.78 is 0. The lowest BCUT2D eigenvalue weighted by Crippen LogP contribution is -3.17. The van der Waals surface area contributed by atoms with Crippen molar-refractivity contribution < 1.29 is 9.69 Å². The second-order valence-electron chi connectivity index (χ2n) is 5.12. The molecule has 0 radical (unpaired) electrons. The molecule has 1 atom stereocenters. The molecule has 2 N–H and O–H groups in total. The SMILES string of the molecule is C[C@@H](C(=O)Nc1ccc(C#N)cc1)[NH+]1CCCCC1. The number of benzene rings is 1. The van der Waals surface area contributed by atoms with E-state index in [1.165, 1.54) is 24.2 Å². The first-order valence-electron chi connectivity index (χ1n) is 6.86. The van der Waals surface area contributed by atoms with Crippen LogP contribution in [0, 0.1) is 11.3 Å². The Kier molecular flexibility index (Phi) is 4.53. The molecule has 0 aliphatic carbocycles. The number of quaternary nitrogens is 1. The molecule has 4 nitrogen and oxygen atoms in total. The summed E-state index contributed by atoms with van der Waals surface area (Å²) in [6.45, 7) is 4.16. The van der Waals surface area contributed by atoms with Crippen LogP contribution in [0.15, 0.2) is 24.3 Å². The Morgan fingerprint density at radius 2 is 1.89 bits per heavy atom. The number of nitrogens with zero attached hydrogens (tertiary/aromatic N) is 1. The standard InChI is InChI=1S/C15H19N3O/c1-12(18-9-3-2-4-10-18)15(19)17-14-7-5-13(11-16)6-8-14/h5-8,12H,2-4,9-10H2,1H3,(H,17,19)/p+1/t12-/m0/s1. The highest BCUT2D eigenvalue weighted by Crippen LogP contribution is 2.09. The highest BCUT2D eigenvalue weighted by Gasteiger charge is 2.26. The molecule has 1 aliphatic rings.